The first-order valence-electron chi connectivity index (χ1n) is 7.69. The van der Waals surface area contributed by atoms with Gasteiger partial charge in [0.25, 0.3) is 0 Å². The predicted molar refractivity (Wildman–Crippen MR) is 81.5 cm³/mol. The molecule has 4 atom stereocenters. The maximum absolute atomic E-state index is 9.32. The zero-order valence-corrected chi connectivity index (χ0v) is 14.4. The summed E-state index contributed by atoms with van der Waals surface area (Å²) in [5, 5.41) is 18.6. The van der Waals surface area contributed by atoms with E-state index in [1.807, 2.05) is 13.8 Å². The van der Waals surface area contributed by atoms with Crippen molar-refractivity contribution in [1.82, 2.24) is 0 Å². The summed E-state index contributed by atoms with van der Waals surface area (Å²) in [7, 11) is 0. The van der Waals surface area contributed by atoms with Crippen LogP contribution in [0.4, 0.5) is 0 Å². The van der Waals surface area contributed by atoms with Crippen LogP contribution in [0.5, 0.6) is 0 Å². The molecular formula is C16H34O4. The molecule has 0 aromatic rings. The zero-order valence-electron chi connectivity index (χ0n) is 14.4. The minimum Gasteiger partial charge on any atom is -0.252 e. The van der Waals surface area contributed by atoms with Crippen LogP contribution in [0.15, 0.2) is 0 Å². The standard InChI is InChI=1S/C16H34O4/c1-9-15(5,6)13(19-17)11(3)12(4)14(20-18)16(7,8)10-2/h11-14,17-18H,9-10H2,1-8H3. The van der Waals surface area contributed by atoms with Crippen LogP contribution in [0.3, 0.4) is 0 Å². The van der Waals surface area contributed by atoms with E-state index in [4.69, 9.17) is 9.78 Å². The third-order valence-corrected chi connectivity index (χ3v) is 5.37. The largest absolute Gasteiger partial charge is 0.252 e. The normalized spacial score (nSPS) is 19.5. The van der Waals surface area contributed by atoms with E-state index in [2.05, 4.69) is 41.5 Å². The Morgan fingerprint density at radius 3 is 1.15 bits per heavy atom. The highest BCUT2D eigenvalue weighted by atomic mass is 17.1. The van der Waals surface area contributed by atoms with Gasteiger partial charge in [-0.3, -0.25) is 10.5 Å². The summed E-state index contributed by atoms with van der Waals surface area (Å²) < 4.78 is 0. The molecule has 2 N–H and O–H groups in total. The van der Waals surface area contributed by atoms with Gasteiger partial charge in [-0.1, -0.05) is 55.4 Å². The van der Waals surface area contributed by atoms with Crippen LogP contribution >= 0.6 is 0 Å². The summed E-state index contributed by atoms with van der Waals surface area (Å²) in [6, 6.07) is 0. The molecule has 0 aromatic heterocycles. The van der Waals surface area contributed by atoms with E-state index in [9.17, 15) is 10.5 Å². The van der Waals surface area contributed by atoms with Crippen molar-refractivity contribution in [3.8, 4) is 0 Å². The molecule has 0 spiro atoms. The molecule has 4 unspecified atom stereocenters. The van der Waals surface area contributed by atoms with Gasteiger partial charge in [0, 0.05) is 0 Å². The van der Waals surface area contributed by atoms with Crippen molar-refractivity contribution in [1.29, 1.82) is 0 Å². The second-order valence-electron chi connectivity index (χ2n) is 7.45. The molecule has 0 heterocycles. The maximum Gasteiger partial charge on any atom is 0.101 e. The zero-order chi connectivity index (χ0) is 16.1. The first-order chi connectivity index (χ1) is 9.08. The smallest absolute Gasteiger partial charge is 0.101 e. The van der Waals surface area contributed by atoms with Crippen molar-refractivity contribution in [2.75, 3.05) is 0 Å². The van der Waals surface area contributed by atoms with Crippen molar-refractivity contribution in [3.63, 3.8) is 0 Å². The number of hydrogen-bond acceptors (Lipinski definition) is 4. The Kier molecular flexibility index (Phi) is 7.67. The summed E-state index contributed by atoms with van der Waals surface area (Å²) in [6.07, 6.45) is 1.20. The topological polar surface area (TPSA) is 58.9 Å². The van der Waals surface area contributed by atoms with E-state index < -0.39 is 0 Å². The summed E-state index contributed by atoms with van der Waals surface area (Å²) in [5.74, 6) is 0.107. The third kappa shape index (κ3) is 4.42. The Morgan fingerprint density at radius 2 is 1.00 bits per heavy atom. The average Bonchev–Trinajstić information content (AvgIpc) is 2.39. The van der Waals surface area contributed by atoms with Gasteiger partial charge in [-0.05, 0) is 35.5 Å². The van der Waals surface area contributed by atoms with Crippen LogP contribution in [0, 0.1) is 22.7 Å². The highest BCUT2D eigenvalue weighted by Crippen LogP contribution is 2.40. The maximum atomic E-state index is 9.32. The number of rotatable bonds is 9. The monoisotopic (exact) mass is 290 g/mol. The van der Waals surface area contributed by atoms with E-state index in [0.29, 0.717) is 0 Å². The second kappa shape index (κ2) is 7.74. The lowest BCUT2D eigenvalue weighted by molar-refractivity contribution is -0.339. The van der Waals surface area contributed by atoms with E-state index in [1.54, 1.807) is 0 Å². The molecule has 0 amide bonds. The fourth-order valence-corrected chi connectivity index (χ4v) is 2.85. The minimum absolute atomic E-state index is 0.0536. The molecule has 0 aromatic carbocycles. The molecule has 0 fully saturated rings. The van der Waals surface area contributed by atoms with Crippen LogP contribution in [0.2, 0.25) is 0 Å². The SMILES string of the molecule is CCC(C)(C)C(OO)C(C)C(C)C(OO)C(C)(C)CC. The highest BCUT2D eigenvalue weighted by molar-refractivity contribution is 4.90. The van der Waals surface area contributed by atoms with Gasteiger partial charge in [0.05, 0.1) is 0 Å². The highest BCUT2D eigenvalue weighted by Gasteiger charge is 2.42. The second-order valence-corrected chi connectivity index (χ2v) is 7.45. The van der Waals surface area contributed by atoms with Crippen LogP contribution in [0.1, 0.15) is 68.2 Å². The summed E-state index contributed by atoms with van der Waals surface area (Å²) in [5.41, 5.74) is -0.280. The van der Waals surface area contributed by atoms with Gasteiger partial charge < -0.3 is 0 Å². The van der Waals surface area contributed by atoms with Gasteiger partial charge in [-0.15, -0.1) is 0 Å². The lowest BCUT2D eigenvalue weighted by Gasteiger charge is -2.42. The van der Waals surface area contributed by atoms with Crippen LogP contribution in [-0.2, 0) is 9.78 Å². The molecule has 0 radical (unpaired) electrons. The van der Waals surface area contributed by atoms with Crippen molar-refractivity contribution in [2.24, 2.45) is 22.7 Å². The Hall–Kier alpha value is -0.160. The molecule has 0 aliphatic carbocycles. The minimum atomic E-state index is -0.298. The summed E-state index contributed by atoms with van der Waals surface area (Å²) in [6.45, 7) is 16.6. The van der Waals surface area contributed by atoms with Crippen LogP contribution in [-0.4, -0.2) is 22.7 Å². The fourth-order valence-electron chi connectivity index (χ4n) is 2.85. The average molecular weight is 290 g/mol. The summed E-state index contributed by atoms with van der Waals surface area (Å²) >= 11 is 0. The molecule has 4 heteroatoms. The third-order valence-electron chi connectivity index (χ3n) is 5.37. The Labute approximate surface area is 124 Å². The van der Waals surface area contributed by atoms with Gasteiger partial charge in [0.1, 0.15) is 12.2 Å². The first-order valence-corrected chi connectivity index (χ1v) is 7.69. The molecule has 0 aliphatic rings. The van der Waals surface area contributed by atoms with Crippen molar-refractivity contribution < 1.29 is 20.3 Å². The summed E-state index contributed by atoms with van der Waals surface area (Å²) in [4.78, 5) is 9.59. The lowest BCUT2D eigenvalue weighted by atomic mass is 9.68. The lowest BCUT2D eigenvalue weighted by Crippen LogP contribution is -2.46. The van der Waals surface area contributed by atoms with E-state index in [1.165, 1.54) is 0 Å². The van der Waals surface area contributed by atoms with Crippen LogP contribution in [0.25, 0.3) is 0 Å². The van der Waals surface area contributed by atoms with Crippen molar-refractivity contribution in [3.05, 3.63) is 0 Å². The predicted octanol–water partition coefficient (Wildman–Crippen LogP) is 4.85. The van der Waals surface area contributed by atoms with Gasteiger partial charge in [0.15, 0.2) is 0 Å². The van der Waals surface area contributed by atoms with Gasteiger partial charge in [-0.25, -0.2) is 9.78 Å². The molecule has 122 valence electrons. The Morgan fingerprint density at radius 1 is 0.750 bits per heavy atom. The van der Waals surface area contributed by atoms with E-state index >= 15 is 0 Å². The molecular weight excluding hydrogens is 256 g/mol. The van der Waals surface area contributed by atoms with Crippen molar-refractivity contribution in [2.45, 2.75) is 80.4 Å². The Bertz CT molecular complexity index is 248. The molecule has 0 aliphatic heterocycles. The molecule has 0 saturated heterocycles. The first kappa shape index (κ1) is 19.8. The fraction of sp³-hybridized carbons (Fsp3) is 1.00. The van der Waals surface area contributed by atoms with E-state index in [-0.39, 0.29) is 34.9 Å². The van der Waals surface area contributed by atoms with Gasteiger partial charge in [0.2, 0.25) is 0 Å². The van der Waals surface area contributed by atoms with Crippen molar-refractivity contribution >= 4 is 0 Å². The Balaban J connectivity index is 5.19. The number of hydrogen-bond donors (Lipinski definition) is 2. The molecule has 4 nitrogen and oxygen atoms in total. The van der Waals surface area contributed by atoms with Crippen LogP contribution < -0.4 is 0 Å². The van der Waals surface area contributed by atoms with Gasteiger partial charge >= 0.3 is 0 Å². The molecule has 0 rings (SSSR count). The van der Waals surface area contributed by atoms with Gasteiger partial charge in [-0.2, -0.15) is 0 Å². The molecule has 0 bridgehead atoms. The molecule has 0 saturated carbocycles. The molecule has 20 heavy (non-hydrogen) atoms. The quantitative estimate of drug-likeness (QED) is 0.471. The van der Waals surface area contributed by atoms with E-state index in [0.717, 1.165) is 12.8 Å².